The number of sulfonamides is 1. The molecule has 3 aromatic carbocycles. The molecule has 0 bridgehead atoms. The molecule has 0 aliphatic carbocycles. The zero-order valence-corrected chi connectivity index (χ0v) is 19.3. The fourth-order valence-electron chi connectivity index (χ4n) is 4.09. The Morgan fingerprint density at radius 2 is 1.63 bits per heavy atom. The molecule has 1 aliphatic rings. The average Bonchev–Trinajstić information content (AvgIpc) is 2.87. The van der Waals surface area contributed by atoms with Crippen LogP contribution >= 0.6 is 0 Å². The van der Waals surface area contributed by atoms with Gasteiger partial charge in [0.05, 0.1) is 18.1 Å². The van der Waals surface area contributed by atoms with Crippen LogP contribution in [0, 0.1) is 10.1 Å². The van der Waals surface area contributed by atoms with Gasteiger partial charge in [-0.2, -0.15) is 0 Å². The van der Waals surface area contributed by atoms with E-state index in [1.54, 1.807) is 54.6 Å². The van der Waals surface area contributed by atoms with Crippen molar-refractivity contribution in [1.82, 2.24) is 4.31 Å². The van der Waals surface area contributed by atoms with E-state index in [0.717, 1.165) is 12.1 Å². The van der Waals surface area contributed by atoms with Gasteiger partial charge >= 0.3 is 5.97 Å². The predicted molar refractivity (Wildman–Crippen MR) is 127 cm³/mol. The first-order valence-corrected chi connectivity index (χ1v) is 11.9. The minimum absolute atomic E-state index is 0.00517. The molecule has 0 saturated carbocycles. The SMILES string of the molecule is COC(=O)[C@@H]1c2ccccc2C(=O)N(S(=O)(=O)c2ccccc2[N+](=O)[O-])[C@@H]1/C=C/c1ccccc1. The fraction of sp³-hybridized carbons (Fsp3) is 0.120. The van der Waals surface area contributed by atoms with Gasteiger partial charge in [0.25, 0.3) is 21.6 Å². The minimum atomic E-state index is -4.77. The highest BCUT2D eigenvalue weighted by molar-refractivity contribution is 7.89. The van der Waals surface area contributed by atoms with Gasteiger partial charge in [-0.05, 0) is 23.3 Å². The predicted octanol–water partition coefficient (Wildman–Crippen LogP) is 3.78. The molecule has 2 atom stereocenters. The number of rotatable bonds is 6. The summed E-state index contributed by atoms with van der Waals surface area (Å²) in [5, 5.41) is 11.6. The Morgan fingerprint density at radius 3 is 2.31 bits per heavy atom. The molecule has 178 valence electrons. The van der Waals surface area contributed by atoms with Crippen molar-refractivity contribution in [2.75, 3.05) is 7.11 Å². The molecule has 1 amide bonds. The Labute approximate surface area is 201 Å². The van der Waals surface area contributed by atoms with E-state index in [9.17, 15) is 28.1 Å². The number of carbonyl (C=O) groups excluding carboxylic acids is 2. The Balaban J connectivity index is 1.97. The summed E-state index contributed by atoms with van der Waals surface area (Å²) in [7, 11) is -3.61. The number of ether oxygens (including phenoxy) is 1. The minimum Gasteiger partial charge on any atom is -0.468 e. The molecule has 1 heterocycles. The van der Waals surface area contributed by atoms with Crippen LogP contribution in [0.5, 0.6) is 0 Å². The van der Waals surface area contributed by atoms with Gasteiger partial charge in [0.15, 0.2) is 4.90 Å². The van der Waals surface area contributed by atoms with E-state index in [0.29, 0.717) is 15.4 Å². The van der Waals surface area contributed by atoms with Crippen LogP contribution in [0.3, 0.4) is 0 Å². The van der Waals surface area contributed by atoms with E-state index in [-0.39, 0.29) is 5.56 Å². The van der Waals surface area contributed by atoms with Crippen molar-refractivity contribution in [3.63, 3.8) is 0 Å². The smallest absolute Gasteiger partial charge is 0.315 e. The van der Waals surface area contributed by atoms with Crippen molar-refractivity contribution in [2.24, 2.45) is 0 Å². The number of amides is 1. The second kappa shape index (κ2) is 9.51. The monoisotopic (exact) mass is 492 g/mol. The van der Waals surface area contributed by atoms with Crippen LogP contribution in [0.15, 0.2) is 89.8 Å². The number of carbonyl (C=O) groups is 2. The Morgan fingerprint density at radius 1 is 1.00 bits per heavy atom. The molecule has 3 aromatic rings. The Kier molecular flexibility index (Phi) is 6.48. The van der Waals surface area contributed by atoms with E-state index >= 15 is 0 Å². The maximum absolute atomic E-state index is 13.8. The molecule has 0 radical (unpaired) electrons. The first-order chi connectivity index (χ1) is 16.8. The Bertz CT molecular complexity index is 1430. The molecule has 10 heteroatoms. The first kappa shape index (κ1) is 23.8. The number of esters is 1. The lowest BCUT2D eigenvalue weighted by Crippen LogP contribution is -2.52. The third-order valence-electron chi connectivity index (χ3n) is 5.68. The molecule has 9 nitrogen and oxygen atoms in total. The van der Waals surface area contributed by atoms with Crippen molar-refractivity contribution in [2.45, 2.75) is 16.9 Å². The van der Waals surface area contributed by atoms with Gasteiger partial charge in [-0.25, -0.2) is 12.7 Å². The van der Waals surface area contributed by atoms with Crippen LogP contribution in [0.25, 0.3) is 6.08 Å². The second-order valence-corrected chi connectivity index (χ2v) is 9.46. The van der Waals surface area contributed by atoms with Gasteiger partial charge in [0, 0.05) is 11.6 Å². The first-order valence-electron chi connectivity index (χ1n) is 10.5. The van der Waals surface area contributed by atoms with E-state index in [1.165, 1.54) is 31.4 Å². The van der Waals surface area contributed by atoms with Crippen LogP contribution in [-0.4, -0.2) is 42.7 Å². The number of fused-ring (bicyclic) bond motifs is 1. The lowest BCUT2D eigenvalue weighted by Gasteiger charge is -2.38. The quantitative estimate of drug-likeness (QED) is 0.291. The molecule has 0 aromatic heterocycles. The number of nitro benzene ring substituents is 1. The summed E-state index contributed by atoms with van der Waals surface area (Å²) in [5.74, 6) is -2.84. The molecule has 0 fully saturated rings. The number of nitrogens with zero attached hydrogens (tertiary/aromatic N) is 2. The number of para-hydroxylation sites is 1. The molecule has 4 rings (SSSR count). The number of benzene rings is 3. The van der Waals surface area contributed by atoms with Crippen molar-refractivity contribution in [3.05, 3.63) is 112 Å². The van der Waals surface area contributed by atoms with Crippen molar-refractivity contribution < 1.29 is 27.7 Å². The van der Waals surface area contributed by atoms with Crippen LogP contribution in [0.2, 0.25) is 0 Å². The molecule has 0 saturated heterocycles. The number of hydrogen-bond donors (Lipinski definition) is 0. The van der Waals surface area contributed by atoms with Gasteiger partial charge in [-0.15, -0.1) is 0 Å². The van der Waals surface area contributed by atoms with Crippen molar-refractivity contribution in [1.29, 1.82) is 0 Å². The summed E-state index contributed by atoms with van der Waals surface area (Å²) >= 11 is 0. The summed E-state index contributed by atoms with van der Waals surface area (Å²) in [6.07, 6.45) is 3.01. The lowest BCUT2D eigenvalue weighted by atomic mass is 9.84. The standard InChI is InChI=1S/C25H20N2O7S/c1-34-25(29)23-18-11-5-6-12-19(18)24(28)26(21(23)16-15-17-9-3-2-4-10-17)35(32,33)22-14-8-7-13-20(22)27(30)31/h2-16,21,23H,1H3/b16-15+/t21-,23-/m1/s1. The molecule has 0 N–H and O–H groups in total. The van der Waals surface area contributed by atoms with Crippen LogP contribution in [0.1, 0.15) is 27.4 Å². The average molecular weight is 493 g/mol. The molecule has 0 unspecified atom stereocenters. The fourth-order valence-corrected chi connectivity index (χ4v) is 5.79. The van der Waals surface area contributed by atoms with Crippen LogP contribution in [-0.2, 0) is 19.6 Å². The van der Waals surface area contributed by atoms with Gasteiger partial charge in [-0.3, -0.25) is 19.7 Å². The lowest BCUT2D eigenvalue weighted by molar-refractivity contribution is -0.387. The zero-order chi connectivity index (χ0) is 25.2. The maximum Gasteiger partial charge on any atom is 0.315 e. The zero-order valence-electron chi connectivity index (χ0n) is 18.5. The largest absolute Gasteiger partial charge is 0.468 e. The van der Waals surface area contributed by atoms with Crippen molar-refractivity contribution >= 4 is 33.7 Å². The van der Waals surface area contributed by atoms with E-state index in [1.807, 2.05) is 0 Å². The van der Waals surface area contributed by atoms with Gasteiger partial charge in [-0.1, -0.05) is 72.8 Å². The molecular formula is C25H20N2O7S. The molecular weight excluding hydrogens is 472 g/mol. The maximum atomic E-state index is 13.8. The van der Waals surface area contributed by atoms with Gasteiger partial charge in [0.1, 0.15) is 5.92 Å². The topological polar surface area (TPSA) is 124 Å². The second-order valence-electron chi connectivity index (χ2n) is 7.68. The van der Waals surface area contributed by atoms with E-state index in [2.05, 4.69) is 0 Å². The number of methoxy groups -OCH3 is 1. The highest BCUT2D eigenvalue weighted by Gasteiger charge is 2.49. The molecule has 35 heavy (non-hydrogen) atoms. The normalized spacial score (nSPS) is 17.7. The van der Waals surface area contributed by atoms with Crippen LogP contribution < -0.4 is 0 Å². The number of nitro groups is 1. The van der Waals surface area contributed by atoms with E-state index < -0.39 is 49.4 Å². The van der Waals surface area contributed by atoms with Crippen LogP contribution in [0.4, 0.5) is 5.69 Å². The summed E-state index contributed by atoms with van der Waals surface area (Å²) < 4.78 is 33.2. The third-order valence-corrected chi connectivity index (χ3v) is 7.51. The highest BCUT2D eigenvalue weighted by atomic mass is 32.2. The number of hydrogen-bond acceptors (Lipinski definition) is 7. The summed E-state index contributed by atoms with van der Waals surface area (Å²) in [6.45, 7) is 0. The van der Waals surface area contributed by atoms with Gasteiger partial charge in [0.2, 0.25) is 0 Å². The van der Waals surface area contributed by atoms with Gasteiger partial charge < -0.3 is 4.74 Å². The summed E-state index contributed by atoms with van der Waals surface area (Å²) in [4.78, 5) is 36.6. The molecule has 0 spiro atoms. The third kappa shape index (κ3) is 4.31. The van der Waals surface area contributed by atoms with Crippen molar-refractivity contribution in [3.8, 4) is 0 Å². The highest BCUT2D eigenvalue weighted by Crippen LogP contribution is 2.40. The Hall–Kier alpha value is -4.31. The summed E-state index contributed by atoms with van der Waals surface area (Å²) in [6, 6.07) is 18.5. The molecule has 1 aliphatic heterocycles. The van der Waals surface area contributed by atoms with E-state index in [4.69, 9.17) is 4.74 Å². The summed E-state index contributed by atoms with van der Waals surface area (Å²) in [5.41, 5.74) is 0.320.